The van der Waals surface area contributed by atoms with Crippen LogP contribution in [0.5, 0.6) is 0 Å². The number of aromatic carboxylic acids is 1. The maximum Gasteiger partial charge on any atom is 0.335 e. The molecule has 2 heterocycles. The van der Waals surface area contributed by atoms with Gasteiger partial charge in [0.2, 0.25) is 0 Å². The summed E-state index contributed by atoms with van der Waals surface area (Å²) in [5.41, 5.74) is 3.50. The van der Waals surface area contributed by atoms with Gasteiger partial charge < -0.3 is 10.4 Å². The SMILES string of the molecule is O=C(O)c1ccc(-n2nc(-c3cccc(F)c3)c3c2NCC3)cc1. The maximum absolute atomic E-state index is 13.5. The Morgan fingerprint density at radius 3 is 2.71 bits per heavy atom. The molecule has 2 N–H and O–H groups in total. The Bertz CT molecular complexity index is 932. The van der Waals surface area contributed by atoms with Gasteiger partial charge in [-0.25, -0.2) is 13.9 Å². The van der Waals surface area contributed by atoms with Gasteiger partial charge in [-0.15, -0.1) is 0 Å². The summed E-state index contributed by atoms with van der Waals surface area (Å²) >= 11 is 0. The van der Waals surface area contributed by atoms with Gasteiger partial charge in [-0.2, -0.15) is 5.10 Å². The van der Waals surface area contributed by atoms with Crippen molar-refractivity contribution in [3.63, 3.8) is 0 Å². The molecule has 0 atom stereocenters. The Balaban J connectivity index is 1.83. The first kappa shape index (κ1) is 14.4. The summed E-state index contributed by atoms with van der Waals surface area (Å²) in [7, 11) is 0. The lowest BCUT2D eigenvalue weighted by molar-refractivity contribution is 0.0697. The van der Waals surface area contributed by atoms with Crippen molar-refractivity contribution in [3.8, 4) is 16.9 Å². The molecule has 1 aromatic heterocycles. The average Bonchev–Trinajstić information content (AvgIpc) is 3.17. The molecule has 5 nitrogen and oxygen atoms in total. The van der Waals surface area contributed by atoms with Gasteiger partial charge in [-0.05, 0) is 42.8 Å². The molecule has 0 saturated heterocycles. The second-order valence-corrected chi connectivity index (χ2v) is 5.63. The second-order valence-electron chi connectivity index (χ2n) is 5.63. The molecule has 0 radical (unpaired) electrons. The minimum absolute atomic E-state index is 0.223. The molecule has 0 unspecified atom stereocenters. The van der Waals surface area contributed by atoms with E-state index in [1.807, 2.05) is 6.07 Å². The Kier molecular flexibility index (Phi) is 3.30. The maximum atomic E-state index is 13.5. The van der Waals surface area contributed by atoms with E-state index in [1.54, 1.807) is 35.0 Å². The standard InChI is InChI=1S/C18H14FN3O2/c19-13-3-1-2-12(10-13)16-15-8-9-20-17(15)22(21-16)14-6-4-11(5-7-14)18(23)24/h1-7,10,20H,8-9H2,(H,23,24). The van der Waals surface area contributed by atoms with Gasteiger partial charge in [-0.3, -0.25) is 0 Å². The first-order valence-electron chi connectivity index (χ1n) is 7.59. The summed E-state index contributed by atoms with van der Waals surface area (Å²) in [5, 5.41) is 16.9. The van der Waals surface area contributed by atoms with Crippen molar-refractivity contribution in [1.82, 2.24) is 9.78 Å². The van der Waals surface area contributed by atoms with Crippen molar-refractivity contribution in [2.24, 2.45) is 0 Å². The van der Waals surface area contributed by atoms with Crippen LogP contribution in [0.2, 0.25) is 0 Å². The number of halogens is 1. The molecule has 3 aromatic rings. The van der Waals surface area contributed by atoms with Gasteiger partial charge in [-0.1, -0.05) is 12.1 Å². The summed E-state index contributed by atoms with van der Waals surface area (Å²) in [6, 6.07) is 12.9. The molecule has 120 valence electrons. The first-order chi connectivity index (χ1) is 11.6. The topological polar surface area (TPSA) is 67.1 Å². The highest BCUT2D eigenvalue weighted by Crippen LogP contribution is 2.34. The second kappa shape index (κ2) is 5.49. The van der Waals surface area contributed by atoms with E-state index >= 15 is 0 Å². The van der Waals surface area contributed by atoms with Crippen molar-refractivity contribution >= 4 is 11.8 Å². The van der Waals surface area contributed by atoms with Gasteiger partial charge in [0.15, 0.2) is 0 Å². The molecule has 0 amide bonds. The van der Waals surface area contributed by atoms with Crippen LogP contribution in [-0.2, 0) is 6.42 Å². The molecule has 0 saturated carbocycles. The Hall–Kier alpha value is -3.15. The lowest BCUT2D eigenvalue weighted by Crippen LogP contribution is -2.05. The van der Waals surface area contributed by atoms with E-state index in [4.69, 9.17) is 5.11 Å². The summed E-state index contributed by atoms with van der Waals surface area (Å²) in [4.78, 5) is 11.0. The van der Waals surface area contributed by atoms with Crippen molar-refractivity contribution in [2.75, 3.05) is 11.9 Å². The van der Waals surface area contributed by atoms with E-state index < -0.39 is 5.97 Å². The van der Waals surface area contributed by atoms with Crippen LogP contribution in [0, 0.1) is 5.82 Å². The molecule has 6 heteroatoms. The van der Waals surface area contributed by atoms with Gasteiger partial charge in [0.05, 0.1) is 16.9 Å². The van der Waals surface area contributed by atoms with E-state index in [0.717, 1.165) is 41.3 Å². The smallest absolute Gasteiger partial charge is 0.335 e. The average molecular weight is 323 g/mol. The van der Waals surface area contributed by atoms with Crippen LogP contribution in [0.25, 0.3) is 16.9 Å². The fourth-order valence-corrected chi connectivity index (χ4v) is 2.97. The van der Waals surface area contributed by atoms with Crippen molar-refractivity contribution < 1.29 is 14.3 Å². The lowest BCUT2D eigenvalue weighted by atomic mass is 10.1. The minimum Gasteiger partial charge on any atom is -0.478 e. The minimum atomic E-state index is -0.967. The van der Waals surface area contributed by atoms with E-state index in [9.17, 15) is 9.18 Å². The molecular formula is C18H14FN3O2. The predicted molar refractivity (Wildman–Crippen MR) is 88.1 cm³/mol. The summed E-state index contributed by atoms with van der Waals surface area (Å²) in [6.07, 6.45) is 0.814. The van der Waals surface area contributed by atoms with Gasteiger partial charge in [0, 0.05) is 17.7 Å². The molecule has 1 aliphatic heterocycles. The lowest BCUT2D eigenvalue weighted by Gasteiger charge is -2.06. The quantitative estimate of drug-likeness (QED) is 0.776. The molecule has 0 aliphatic carbocycles. The van der Waals surface area contributed by atoms with Crippen molar-refractivity contribution in [3.05, 3.63) is 65.5 Å². The van der Waals surface area contributed by atoms with Crippen LogP contribution in [0.1, 0.15) is 15.9 Å². The Morgan fingerprint density at radius 1 is 1.21 bits per heavy atom. The molecule has 24 heavy (non-hydrogen) atoms. The molecule has 0 fully saturated rings. The number of hydrogen-bond acceptors (Lipinski definition) is 3. The molecular weight excluding hydrogens is 309 g/mol. The summed E-state index contributed by atoms with van der Waals surface area (Å²) in [5.74, 6) is -0.393. The van der Waals surface area contributed by atoms with Gasteiger partial charge >= 0.3 is 5.97 Å². The number of hydrogen-bond donors (Lipinski definition) is 2. The number of nitrogens with one attached hydrogen (secondary N) is 1. The van der Waals surface area contributed by atoms with Crippen LogP contribution >= 0.6 is 0 Å². The fraction of sp³-hybridized carbons (Fsp3) is 0.111. The number of carboxylic acid groups (broad SMARTS) is 1. The number of aromatic nitrogens is 2. The van der Waals surface area contributed by atoms with Gasteiger partial charge in [0.1, 0.15) is 11.6 Å². The molecule has 0 spiro atoms. The van der Waals surface area contributed by atoms with Crippen molar-refractivity contribution in [1.29, 1.82) is 0 Å². The molecule has 0 bridgehead atoms. The zero-order chi connectivity index (χ0) is 16.7. The number of nitrogens with zero attached hydrogens (tertiary/aromatic N) is 2. The third-order valence-electron chi connectivity index (χ3n) is 4.11. The normalized spacial score (nSPS) is 12.7. The third kappa shape index (κ3) is 2.32. The van der Waals surface area contributed by atoms with Crippen LogP contribution in [0.15, 0.2) is 48.5 Å². The van der Waals surface area contributed by atoms with Crippen LogP contribution in [-0.4, -0.2) is 27.4 Å². The molecule has 1 aliphatic rings. The largest absolute Gasteiger partial charge is 0.478 e. The zero-order valence-electron chi connectivity index (χ0n) is 12.7. The molecule has 2 aromatic carbocycles. The summed E-state index contributed by atoms with van der Waals surface area (Å²) < 4.78 is 15.3. The fourth-order valence-electron chi connectivity index (χ4n) is 2.97. The van der Waals surface area contributed by atoms with Crippen LogP contribution < -0.4 is 5.32 Å². The highest BCUT2D eigenvalue weighted by atomic mass is 19.1. The zero-order valence-corrected chi connectivity index (χ0v) is 12.7. The highest BCUT2D eigenvalue weighted by molar-refractivity contribution is 5.87. The number of anilines is 1. The third-order valence-corrected chi connectivity index (χ3v) is 4.11. The molecule has 4 rings (SSSR count). The van der Waals surface area contributed by atoms with Gasteiger partial charge in [0.25, 0.3) is 0 Å². The highest BCUT2D eigenvalue weighted by Gasteiger charge is 2.24. The number of rotatable bonds is 3. The Labute approximate surface area is 137 Å². The monoisotopic (exact) mass is 323 g/mol. The predicted octanol–water partition coefficient (Wildman–Crippen LogP) is 3.34. The number of benzene rings is 2. The number of carbonyl (C=O) groups is 1. The van der Waals surface area contributed by atoms with E-state index in [2.05, 4.69) is 10.4 Å². The first-order valence-corrected chi connectivity index (χ1v) is 7.59. The van der Waals surface area contributed by atoms with Crippen molar-refractivity contribution in [2.45, 2.75) is 6.42 Å². The number of fused-ring (bicyclic) bond motifs is 1. The van der Waals surface area contributed by atoms with E-state index in [1.165, 1.54) is 12.1 Å². The van der Waals surface area contributed by atoms with E-state index in [0.29, 0.717) is 0 Å². The van der Waals surface area contributed by atoms with Crippen LogP contribution in [0.4, 0.5) is 10.2 Å². The number of carboxylic acids is 1. The Morgan fingerprint density at radius 2 is 2.00 bits per heavy atom. The summed E-state index contributed by atoms with van der Waals surface area (Å²) in [6.45, 7) is 0.794. The van der Waals surface area contributed by atoms with Crippen LogP contribution in [0.3, 0.4) is 0 Å². The van der Waals surface area contributed by atoms with E-state index in [-0.39, 0.29) is 11.4 Å².